The van der Waals surface area contributed by atoms with E-state index in [4.69, 9.17) is 0 Å². The van der Waals surface area contributed by atoms with Gasteiger partial charge in [0.05, 0.1) is 6.17 Å². The van der Waals surface area contributed by atoms with E-state index in [0.29, 0.717) is 12.2 Å². The van der Waals surface area contributed by atoms with Gasteiger partial charge in [-0.25, -0.2) is 10.9 Å². The van der Waals surface area contributed by atoms with E-state index in [-0.39, 0.29) is 5.91 Å². The van der Waals surface area contributed by atoms with Crippen LogP contribution in [0.2, 0.25) is 0 Å². The molecule has 2 aromatic carbocycles. The van der Waals surface area contributed by atoms with Crippen LogP contribution in [0.3, 0.4) is 0 Å². The van der Waals surface area contributed by atoms with Gasteiger partial charge in [-0.2, -0.15) is 0 Å². The van der Waals surface area contributed by atoms with Crippen molar-refractivity contribution in [2.75, 3.05) is 26.2 Å². The van der Waals surface area contributed by atoms with Crippen molar-refractivity contribution in [3.63, 3.8) is 0 Å². The predicted octanol–water partition coefficient (Wildman–Crippen LogP) is 2.63. The minimum atomic E-state index is 0.154. The second-order valence-corrected chi connectivity index (χ2v) is 7.71. The van der Waals surface area contributed by atoms with Crippen LogP contribution in [0.5, 0.6) is 0 Å². The first-order valence-electron chi connectivity index (χ1n) is 9.78. The minimum Gasteiger partial charge on any atom is -0.336 e. The van der Waals surface area contributed by atoms with E-state index in [1.807, 2.05) is 30.9 Å². The summed E-state index contributed by atoms with van der Waals surface area (Å²) in [6.45, 7) is 7.45. The highest BCUT2D eigenvalue weighted by molar-refractivity contribution is 5.94. The molecule has 4 rings (SSSR count). The molecule has 0 spiro atoms. The molecule has 1 amide bonds. The third-order valence-electron chi connectivity index (χ3n) is 5.60. The first-order chi connectivity index (χ1) is 13.1. The standard InChI is InChI=1S/C22H28N4O/c1-16-12-17(2)14-19(13-16)22(27)26-10-8-25(9-11-26)21-15-20(23-24-21)18-6-4-3-5-7-18/h3-7,12-14,20-21,23-24H,8-11,15H2,1-2H3. The Labute approximate surface area is 161 Å². The van der Waals surface area contributed by atoms with E-state index >= 15 is 0 Å². The number of hydrogen-bond acceptors (Lipinski definition) is 4. The van der Waals surface area contributed by atoms with Crippen LogP contribution in [0.25, 0.3) is 0 Å². The maximum Gasteiger partial charge on any atom is 0.253 e. The molecule has 5 heteroatoms. The summed E-state index contributed by atoms with van der Waals surface area (Å²) >= 11 is 0. The van der Waals surface area contributed by atoms with Crippen molar-refractivity contribution < 1.29 is 4.79 Å². The number of rotatable bonds is 3. The number of aryl methyl sites for hydroxylation is 2. The smallest absolute Gasteiger partial charge is 0.253 e. The van der Waals surface area contributed by atoms with Crippen molar-refractivity contribution in [2.45, 2.75) is 32.5 Å². The Kier molecular flexibility index (Phi) is 5.25. The second kappa shape index (κ2) is 7.80. The SMILES string of the molecule is Cc1cc(C)cc(C(=O)N2CCN(C3CC(c4ccccc4)NN3)CC2)c1. The molecule has 2 aliphatic heterocycles. The fraction of sp³-hybridized carbons (Fsp3) is 0.409. The van der Waals surface area contributed by atoms with Crippen LogP contribution < -0.4 is 10.9 Å². The van der Waals surface area contributed by atoms with Crippen molar-refractivity contribution >= 4 is 5.91 Å². The van der Waals surface area contributed by atoms with Crippen LogP contribution in [0.1, 0.15) is 39.5 Å². The molecule has 0 bridgehead atoms. The number of hydrazine groups is 1. The number of amides is 1. The number of nitrogens with one attached hydrogen (secondary N) is 2. The van der Waals surface area contributed by atoms with Crippen LogP contribution in [0.4, 0.5) is 0 Å². The minimum absolute atomic E-state index is 0.154. The first-order valence-corrected chi connectivity index (χ1v) is 9.78. The largest absolute Gasteiger partial charge is 0.336 e. The van der Waals surface area contributed by atoms with Gasteiger partial charge in [-0.3, -0.25) is 9.69 Å². The Morgan fingerprint density at radius 3 is 2.26 bits per heavy atom. The first kappa shape index (κ1) is 18.2. The predicted molar refractivity (Wildman–Crippen MR) is 107 cm³/mol. The Morgan fingerprint density at radius 1 is 0.926 bits per heavy atom. The normalized spacial score (nSPS) is 23.6. The van der Waals surface area contributed by atoms with Gasteiger partial charge in [0, 0.05) is 37.8 Å². The Bertz CT molecular complexity index is 779. The highest BCUT2D eigenvalue weighted by Gasteiger charge is 2.32. The summed E-state index contributed by atoms with van der Waals surface area (Å²) in [5, 5.41) is 0. The van der Waals surface area contributed by atoms with E-state index in [2.05, 4.69) is 52.1 Å². The molecule has 2 aliphatic rings. The Morgan fingerprint density at radius 2 is 1.59 bits per heavy atom. The summed E-state index contributed by atoms with van der Waals surface area (Å²) in [6.07, 6.45) is 1.35. The van der Waals surface area contributed by atoms with Gasteiger partial charge in [-0.05, 0) is 38.0 Å². The second-order valence-electron chi connectivity index (χ2n) is 7.71. The van der Waals surface area contributed by atoms with Gasteiger partial charge in [0.15, 0.2) is 0 Å². The van der Waals surface area contributed by atoms with Crippen LogP contribution in [-0.2, 0) is 0 Å². The van der Waals surface area contributed by atoms with Gasteiger partial charge in [0.2, 0.25) is 0 Å². The van der Waals surface area contributed by atoms with Crippen LogP contribution in [-0.4, -0.2) is 48.1 Å². The molecule has 142 valence electrons. The third-order valence-corrected chi connectivity index (χ3v) is 5.60. The molecule has 2 unspecified atom stereocenters. The summed E-state index contributed by atoms with van der Waals surface area (Å²) in [6, 6.07) is 17.0. The molecule has 0 saturated carbocycles. The summed E-state index contributed by atoms with van der Waals surface area (Å²) in [5.41, 5.74) is 11.3. The zero-order valence-electron chi connectivity index (χ0n) is 16.1. The van der Waals surface area contributed by atoms with Gasteiger partial charge >= 0.3 is 0 Å². The van der Waals surface area contributed by atoms with Crippen molar-refractivity contribution in [3.8, 4) is 0 Å². The molecule has 0 aliphatic carbocycles. The maximum absolute atomic E-state index is 12.8. The highest BCUT2D eigenvalue weighted by atomic mass is 16.2. The van der Waals surface area contributed by atoms with E-state index in [1.54, 1.807) is 0 Å². The van der Waals surface area contributed by atoms with Gasteiger partial charge in [0.1, 0.15) is 0 Å². The van der Waals surface area contributed by atoms with E-state index < -0.39 is 0 Å². The lowest BCUT2D eigenvalue weighted by molar-refractivity contribution is 0.0544. The molecule has 0 aromatic heterocycles. The summed E-state index contributed by atoms with van der Waals surface area (Å²) in [7, 11) is 0. The van der Waals surface area contributed by atoms with Crippen molar-refractivity contribution in [2.24, 2.45) is 0 Å². The molecule has 0 radical (unpaired) electrons. The molecule has 2 heterocycles. The van der Waals surface area contributed by atoms with Crippen LogP contribution in [0.15, 0.2) is 48.5 Å². The van der Waals surface area contributed by atoms with Crippen molar-refractivity contribution in [3.05, 3.63) is 70.8 Å². The van der Waals surface area contributed by atoms with Gasteiger partial charge in [-0.15, -0.1) is 0 Å². The molecule has 2 atom stereocenters. The average Bonchev–Trinajstić information content (AvgIpc) is 3.18. The van der Waals surface area contributed by atoms with Gasteiger partial charge < -0.3 is 4.90 Å². The zero-order chi connectivity index (χ0) is 18.8. The maximum atomic E-state index is 12.8. The number of carbonyl (C=O) groups excluding carboxylic acids is 1. The zero-order valence-corrected chi connectivity index (χ0v) is 16.1. The topological polar surface area (TPSA) is 47.6 Å². The number of nitrogens with zero attached hydrogens (tertiary/aromatic N) is 2. The molecule has 2 aromatic rings. The molecule has 2 saturated heterocycles. The Balaban J connectivity index is 1.33. The van der Waals surface area contributed by atoms with Crippen LogP contribution in [0, 0.1) is 13.8 Å². The lowest BCUT2D eigenvalue weighted by Gasteiger charge is -2.37. The monoisotopic (exact) mass is 364 g/mol. The molecular formula is C22H28N4O. The quantitative estimate of drug-likeness (QED) is 0.879. The van der Waals surface area contributed by atoms with Gasteiger partial charge in [-0.1, -0.05) is 47.5 Å². The van der Waals surface area contributed by atoms with E-state index in [1.165, 1.54) is 5.56 Å². The lowest BCUT2D eigenvalue weighted by atomic mass is 10.0. The highest BCUT2D eigenvalue weighted by Crippen LogP contribution is 2.24. The third kappa shape index (κ3) is 4.05. The molecule has 2 N–H and O–H groups in total. The van der Waals surface area contributed by atoms with Crippen molar-refractivity contribution in [1.29, 1.82) is 0 Å². The average molecular weight is 364 g/mol. The number of hydrogen-bond donors (Lipinski definition) is 2. The van der Waals surface area contributed by atoms with Crippen LogP contribution >= 0.6 is 0 Å². The molecule has 2 fully saturated rings. The van der Waals surface area contributed by atoms with Gasteiger partial charge in [0.25, 0.3) is 5.91 Å². The van der Waals surface area contributed by atoms with E-state index in [0.717, 1.165) is 49.3 Å². The summed E-state index contributed by atoms with van der Waals surface area (Å²) in [5.74, 6) is 0.154. The number of piperazine rings is 1. The van der Waals surface area contributed by atoms with Crippen molar-refractivity contribution in [1.82, 2.24) is 20.7 Å². The number of carbonyl (C=O) groups is 1. The fourth-order valence-electron chi connectivity index (χ4n) is 4.20. The molecular weight excluding hydrogens is 336 g/mol. The Hall–Kier alpha value is -2.21. The van der Waals surface area contributed by atoms with E-state index in [9.17, 15) is 4.79 Å². The molecule has 5 nitrogen and oxygen atoms in total. The molecule has 27 heavy (non-hydrogen) atoms. The summed E-state index contributed by atoms with van der Waals surface area (Å²) in [4.78, 5) is 17.3. The summed E-state index contributed by atoms with van der Waals surface area (Å²) < 4.78 is 0. The lowest BCUT2D eigenvalue weighted by Crippen LogP contribution is -2.55. The number of benzene rings is 2. The fourth-order valence-corrected chi connectivity index (χ4v) is 4.20.